The maximum atomic E-state index is 12.8. The van der Waals surface area contributed by atoms with Crippen LogP contribution in [-0.4, -0.2) is 31.2 Å². The van der Waals surface area contributed by atoms with Crippen LogP contribution in [0, 0.1) is 0 Å². The highest BCUT2D eigenvalue weighted by molar-refractivity contribution is 6.29. The monoisotopic (exact) mass is 332 g/mol. The molecule has 0 aliphatic heterocycles. The Balaban J connectivity index is 2.40. The molecule has 4 nitrogen and oxygen atoms in total. The molecule has 0 radical (unpaired) electrons. The van der Waals surface area contributed by atoms with Gasteiger partial charge in [0.2, 0.25) is 0 Å². The number of aromatic nitrogens is 1. The van der Waals surface area contributed by atoms with Gasteiger partial charge in [-0.15, -0.1) is 0 Å². The lowest BCUT2D eigenvalue weighted by Gasteiger charge is -2.23. The molecule has 1 heterocycles. The lowest BCUT2D eigenvalue weighted by atomic mass is 10.0. The molecule has 0 N–H and O–H groups in total. The molecule has 0 saturated heterocycles. The molecule has 0 atom stereocenters. The van der Waals surface area contributed by atoms with Crippen LogP contribution >= 0.6 is 11.6 Å². The summed E-state index contributed by atoms with van der Waals surface area (Å²) in [6.45, 7) is 4.99. The molecular formula is C18H21ClN2O2. The van der Waals surface area contributed by atoms with Gasteiger partial charge < -0.3 is 4.74 Å². The molecule has 1 aromatic heterocycles. The minimum absolute atomic E-state index is 0.118. The zero-order chi connectivity index (χ0) is 16.8. The maximum Gasteiger partial charge on any atom is 0.259 e. The first-order chi connectivity index (χ1) is 11.0. The molecule has 0 spiro atoms. The molecule has 0 aliphatic carbocycles. The largest absolute Gasteiger partial charge is 0.383 e. The van der Waals surface area contributed by atoms with Crippen molar-refractivity contribution >= 4 is 23.3 Å². The topological polar surface area (TPSA) is 42.4 Å². The van der Waals surface area contributed by atoms with Crippen LogP contribution in [-0.2, 0) is 4.74 Å². The van der Waals surface area contributed by atoms with Crippen LogP contribution in [0.4, 0.5) is 5.82 Å². The van der Waals surface area contributed by atoms with E-state index in [-0.39, 0.29) is 5.91 Å². The van der Waals surface area contributed by atoms with Gasteiger partial charge in [-0.25, -0.2) is 4.98 Å². The summed E-state index contributed by atoms with van der Waals surface area (Å²) in [6, 6.07) is 12.9. The summed E-state index contributed by atoms with van der Waals surface area (Å²) in [5.74, 6) is 0.726. The van der Waals surface area contributed by atoms with E-state index in [2.05, 4.69) is 18.8 Å². The molecule has 0 aliphatic rings. The highest BCUT2D eigenvalue weighted by Gasteiger charge is 2.20. The number of pyridine rings is 1. The van der Waals surface area contributed by atoms with Crippen LogP contribution in [0.25, 0.3) is 0 Å². The Morgan fingerprint density at radius 2 is 1.96 bits per heavy atom. The van der Waals surface area contributed by atoms with Crippen LogP contribution in [0.1, 0.15) is 35.7 Å². The molecule has 1 amide bonds. The predicted molar refractivity (Wildman–Crippen MR) is 93.3 cm³/mol. The molecule has 2 rings (SSSR count). The Hall–Kier alpha value is -1.91. The van der Waals surface area contributed by atoms with E-state index < -0.39 is 0 Å². The number of halogens is 1. The van der Waals surface area contributed by atoms with E-state index in [0.29, 0.717) is 35.6 Å². The van der Waals surface area contributed by atoms with Gasteiger partial charge in [0.15, 0.2) is 0 Å². The van der Waals surface area contributed by atoms with E-state index in [4.69, 9.17) is 16.3 Å². The van der Waals surface area contributed by atoms with E-state index in [9.17, 15) is 4.79 Å². The number of methoxy groups -OCH3 is 1. The third kappa shape index (κ3) is 4.53. The fourth-order valence-electron chi connectivity index (χ4n) is 2.21. The van der Waals surface area contributed by atoms with E-state index >= 15 is 0 Å². The first-order valence-electron chi connectivity index (χ1n) is 7.56. The predicted octanol–water partition coefficient (Wildman–Crippen LogP) is 4.15. The minimum Gasteiger partial charge on any atom is -0.383 e. The number of carbonyl (C=O) groups excluding carboxylic acids is 1. The van der Waals surface area contributed by atoms with Crippen molar-refractivity contribution in [3.8, 4) is 0 Å². The Morgan fingerprint density at radius 3 is 2.57 bits per heavy atom. The molecule has 0 bridgehead atoms. The van der Waals surface area contributed by atoms with Gasteiger partial charge in [-0.3, -0.25) is 9.69 Å². The zero-order valence-electron chi connectivity index (χ0n) is 13.6. The van der Waals surface area contributed by atoms with Crippen molar-refractivity contribution in [2.75, 3.05) is 25.2 Å². The van der Waals surface area contributed by atoms with Crippen molar-refractivity contribution in [1.82, 2.24) is 4.98 Å². The van der Waals surface area contributed by atoms with Gasteiger partial charge in [0.25, 0.3) is 5.91 Å². The van der Waals surface area contributed by atoms with Crippen molar-refractivity contribution in [1.29, 1.82) is 0 Å². The quantitative estimate of drug-likeness (QED) is 0.746. The van der Waals surface area contributed by atoms with Crippen LogP contribution in [0.3, 0.4) is 0 Å². The number of nitrogens with zero attached hydrogens (tertiary/aromatic N) is 2. The van der Waals surface area contributed by atoms with Crippen LogP contribution < -0.4 is 4.90 Å². The molecule has 1 aromatic carbocycles. The summed E-state index contributed by atoms with van der Waals surface area (Å²) in [5, 5.41) is 0.384. The van der Waals surface area contributed by atoms with Crippen molar-refractivity contribution in [2.45, 2.75) is 19.8 Å². The normalized spacial score (nSPS) is 10.8. The SMILES string of the molecule is COCCN(C(=O)c1ccccc1)c1cc(C(C)C)cc(Cl)n1. The number of ether oxygens (including phenoxy) is 1. The van der Waals surface area contributed by atoms with E-state index in [1.165, 1.54) is 0 Å². The van der Waals surface area contributed by atoms with Gasteiger partial charge in [0.05, 0.1) is 13.2 Å². The second kappa shape index (κ2) is 8.09. The first kappa shape index (κ1) is 17.4. The average molecular weight is 333 g/mol. The molecule has 23 heavy (non-hydrogen) atoms. The summed E-state index contributed by atoms with van der Waals surface area (Å²) in [5.41, 5.74) is 1.65. The molecule has 5 heteroatoms. The Bertz CT molecular complexity index is 659. The number of rotatable bonds is 6. The highest BCUT2D eigenvalue weighted by atomic mass is 35.5. The third-order valence-corrected chi connectivity index (χ3v) is 3.72. The van der Waals surface area contributed by atoms with Crippen molar-refractivity contribution in [3.05, 3.63) is 58.7 Å². The average Bonchev–Trinajstić information content (AvgIpc) is 2.55. The molecule has 0 saturated carbocycles. The maximum absolute atomic E-state index is 12.8. The van der Waals surface area contributed by atoms with Gasteiger partial charge in [0, 0.05) is 12.7 Å². The van der Waals surface area contributed by atoms with Crippen LogP contribution in [0.15, 0.2) is 42.5 Å². The van der Waals surface area contributed by atoms with Crippen molar-refractivity contribution < 1.29 is 9.53 Å². The lowest BCUT2D eigenvalue weighted by molar-refractivity contribution is 0.0975. The second-order valence-corrected chi connectivity index (χ2v) is 5.94. The standard InChI is InChI=1S/C18H21ClN2O2/c1-13(2)15-11-16(19)20-17(12-15)21(9-10-23-3)18(22)14-7-5-4-6-8-14/h4-8,11-13H,9-10H2,1-3H3. The minimum atomic E-state index is -0.118. The summed E-state index contributed by atoms with van der Waals surface area (Å²) < 4.78 is 5.13. The first-order valence-corrected chi connectivity index (χ1v) is 7.94. The fourth-order valence-corrected chi connectivity index (χ4v) is 2.43. The Morgan fingerprint density at radius 1 is 1.26 bits per heavy atom. The summed E-state index contributed by atoms with van der Waals surface area (Å²) >= 11 is 6.14. The fraction of sp³-hybridized carbons (Fsp3) is 0.333. The van der Waals surface area contributed by atoms with Crippen molar-refractivity contribution in [3.63, 3.8) is 0 Å². The highest BCUT2D eigenvalue weighted by Crippen LogP contribution is 2.24. The number of carbonyl (C=O) groups is 1. The van der Waals surface area contributed by atoms with E-state index in [1.807, 2.05) is 30.3 Å². The van der Waals surface area contributed by atoms with Crippen molar-refractivity contribution in [2.24, 2.45) is 0 Å². The van der Waals surface area contributed by atoms with E-state index in [0.717, 1.165) is 5.56 Å². The second-order valence-electron chi connectivity index (χ2n) is 5.55. The number of benzene rings is 1. The molecule has 2 aromatic rings. The number of anilines is 1. The number of amides is 1. The lowest BCUT2D eigenvalue weighted by Crippen LogP contribution is -2.34. The van der Waals surface area contributed by atoms with Gasteiger partial charge in [-0.05, 0) is 35.7 Å². The summed E-state index contributed by atoms with van der Waals surface area (Å²) in [4.78, 5) is 18.8. The summed E-state index contributed by atoms with van der Waals surface area (Å²) in [7, 11) is 1.61. The van der Waals surface area contributed by atoms with Gasteiger partial charge in [-0.2, -0.15) is 0 Å². The molecular weight excluding hydrogens is 312 g/mol. The van der Waals surface area contributed by atoms with Gasteiger partial charge in [-0.1, -0.05) is 43.6 Å². The zero-order valence-corrected chi connectivity index (χ0v) is 14.4. The summed E-state index contributed by atoms with van der Waals surface area (Å²) in [6.07, 6.45) is 0. The molecule has 0 unspecified atom stereocenters. The third-order valence-electron chi connectivity index (χ3n) is 3.53. The van der Waals surface area contributed by atoms with Crippen LogP contribution in [0.5, 0.6) is 0 Å². The van der Waals surface area contributed by atoms with Gasteiger partial charge >= 0.3 is 0 Å². The number of hydrogen-bond acceptors (Lipinski definition) is 3. The Kier molecular flexibility index (Phi) is 6.13. The van der Waals surface area contributed by atoms with Crippen LogP contribution in [0.2, 0.25) is 5.15 Å². The Labute approximate surface area is 142 Å². The van der Waals surface area contributed by atoms with E-state index in [1.54, 1.807) is 24.1 Å². The molecule has 0 fully saturated rings. The smallest absolute Gasteiger partial charge is 0.259 e. The molecule has 122 valence electrons. The van der Waals surface area contributed by atoms with Gasteiger partial charge in [0.1, 0.15) is 11.0 Å². The number of hydrogen-bond donors (Lipinski definition) is 0.